The number of carbonyl (C=O) groups excluding carboxylic acids is 6. The third-order valence-corrected chi connectivity index (χ3v) is 17.1. The van der Waals surface area contributed by atoms with Crippen LogP contribution in [-0.4, -0.2) is 107 Å². The molecule has 7 aromatic rings. The minimum atomic E-state index is -1.31. The maximum absolute atomic E-state index is 14.2. The lowest BCUT2D eigenvalue weighted by atomic mass is 9.91. The number of alkyl halides is 1. The maximum atomic E-state index is 14.2. The number of halogens is 6. The van der Waals surface area contributed by atoms with Crippen molar-refractivity contribution in [3.8, 4) is 12.1 Å². The lowest BCUT2D eigenvalue weighted by Gasteiger charge is -2.27. The fourth-order valence-electron chi connectivity index (χ4n) is 9.89. The molecule has 0 spiro atoms. The number of rotatable bonds is 21. The molecule has 6 atom stereocenters. The molecule has 2 aliphatic rings. The maximum Gasteiger partial charge on any atom is 0.270 e. The molecule has 6 amide bonds. The molecule has 0 bridgehead atoms. The number of anilines is 4. The van der Waals surface area contributed by atoms with Gasteiger partial charge in [0.2, 0.25) is 23.7 Å². The molecule has 6 N–H and O–H groups in total. The Morgan fingerprint density at radius 1 is 0.652 bits per heavy atom. The van der Waals surface area contributed by atoms with Crippen molar-refractivity contribution in [2.45, 2.75) is 110 Å². The average molecular weight is 1450 g/mol. The van der Waals surface area contributed by atoms with Crippen molar-refractivity contribution >= 4 is 162 Å². The average Bonchev–Trinajstić information content (AvgIpc) is 1.57. The van der Waals surface area contributed by atoms with Gasteiger partial charge in [-0.2, -0.15) is 10.5 Å². The number of carbonyl (C=O) groups is 6. The van der Waals surface area contributed by atoms with E-state index in [0.29, 0.717) is 55.8 Å². The normalized spacial score (nSPS) is 16.6. The van der Waals surface area contributed by atoms with Gasteiger partial charge in [0.25, 0.3) is 23.6 Å². The van der Waals surface area contributed by atoms with E-state index in [9.17, 15) is 34.0 Å². The van der Waals surface area contributed by atoms with Gasteiger partial charge < -0.3 is 36.5 Å². The molecule has 30 heteroatoms. The van der Waals surface area contributed by atoms with Crippen LogP contribution < -0.4 is 36.8 Å². The van der Waals surface area contributed by atoms with Crippen LogP contribution in [0, 0.1) is 22.7 Å². The molecule has 0 radical (unpaired) electrons. The number of thiocarbonyl (C=S) groups is 1. The smallest absolute Gasteiger partial charge is 0.270 e. The van der Waals surface area contributed by atoms with Gasteiger partial charge in [0.1, 0.15) is 39.6 Å². The predicted molar refractivity (Wildman–Crippen MR) is 364 cm³/mol. The Morgan fingerprint density at radius 2 is 1.04 bits per heavy atom. The second-order valence-electron chi connectivity index (χ2n) is 21.2. The molecule has 22 nitrogen and oxygen atoms in total. The molecule has 0 fully saturated rings. The zero-order valence-electron chi connectivity index (χ0n) is 50.8. The summed E-state index contributed by atoms with van der Waals surface area (Å²) in [5, 5.41) is 33.8. The molecule has 0 saturated heterocycles. The molecule has 2 aliphatic heterocycles. The van der Waals surface area contributed by atoms with Gasteiger partial charge in [-0.3, -0.25) is 37.9 Å². The molecular formula is C62H64BrCl5N14O8S2. The van der Waals surface area contributed by atoms with E-state index in [0.717, 1.165) is 21.5 Å². The monoisotopic (exact) mass is 1450 g/mol. The van der Waals surface area contributed by atoms with E-state index in [4.69, 9.17) is 79.1 Å². The first kappa shape index (κ1) is 73.5. The number of thiazole rings is 1. The Bertz CT molecular complexity index is 3900. The number of nitrogens with two attached hydrogens (primary N) is 1. The van der Waals surface area contributed by atoms with Crippen LogP contribution in [0.1, 0.15) is 110 Å². The van der Waals surface area contributed by atoms with Crippen molar-refractivity contribution in [1.82, 2.24) is 45.4 Å². The fraction of sp³-hybridized carbons (Fsp3) is 0.323. The summed E-state index contributed by atoms with van der Waals surface area (Å²) in [6, 6.07) is 24.5. The Kier molecular flexibility index (Phi) is 25.9. The van der Waals surface area contributed by atoms with Crippen LogP contribution in [0.4, 0.5) is 23.3 Å². The minimum absolute atomic E-state index is 0. The van der Waals surface area contributed by atoms with Crippen LogP contribution in [0.2, 0.25) is 20.1 Å². The van der Waals surface area contributed by atoms with Gasteiger partial charge in [-0.25, -0.2) is 24.8 Å². The third kappa shape index (κ3) is 17.0. The molecule has 92 heavy (non-hydrogen) atoms. The highest BCUT2D eigenvalue weighted by atomic mass is 79.9. The van der Waals surface area contributed by atoms with Crippen LogP contribution in [-0.2, 0) is 52.6 Å². The topological polar surface area (TPSA) is 298 Å². The van der Waals surface area contributed by atoms with Crippen molar-refractivity contribution < 1.29 is 38.2 Å². The molecule has 5 heterocycles. The summed E-state index contributed by atoms with van der Waals surface area (Å²) >= 11 is 34.6. The summed E-state index contributed by atoms with van der Waals surface area (Å²) in [6.45, 7) is 15.3. The number of fused-ring (bicyclic) bond motifs is 2. The fourth-order valence-corrected chi connectivity index (χ4v) is 12.0. The highest BCUT2D eigenvalue weighted by Gasteiger charge is 2.53. The number of hydrogen-bond acceptors (Lipinski definition) is 15. The number of ether oxygens (including phenoxy) is 2. The first-order chi connectivity index (χ1) is 43.2. The van der Waals surface area contributed by atoms with Gasteiger partial charge in [-0.05, 0) is 127 Å². The number of amides is 6. The zero-order valence-corrected chi connectivity index (χ0v) is 57.9. The van der Waals surface area contributed by atoms with Crippen molar-refractivity contribution in [2.75, 3.05) is 28.3 Å². The van der Waals surface area contributed by atoms with Crippen LogP contribution in [0.3, 0.4) is 0 Å². The van der Waals surface area contributed by atoms with Gasteiger partial charge in [0.15, 0.2) is 6.29 Å². The number of aromatic nitrogens is 5. The summed E-state index contributed by atoms with van der Waals surface area (Å²) < 4.78 is 13.4. The van der Waals surface area contributed by atoms with E-state index >= 15 is 0 Å². The number of imidazole rings is 2. The van der Waals surface area contributed by atoms with E-state index in [1.165, 1.54) is 40.5 Å². The van der Waals surface area contributed by atoms with E-state index in [1.807, 2.05) is 26.2 Å². The van der Waals surface area contributed by atoms with Gasteiger partial charge in [0, 0.05) is 57.7 Å². The first-order valence-corrected chi connectivity index (χ1v) is 32.1. The van der Waals surface area contributed by atoms with E-state index in [-0.39, 0.29) is 83.6 Å². The quantitative estimate of drug-likeness (QED) is 0.0254. The summed E-state index contributed by atoms with van der Waals surface area (Å²) in [5.41, 5.74) is 6.38. The summed E-state index contributed by atoms with van der Waals surface area (Å²) in [7, 11) is 0. The second kappa shape index (κ2) is 32.4. The molecular weight excluding hydrogens is 1390 g/mol. The van der Waals surface area contributed by atoms with Gasteiger partial charge in [0.05, 0.1) is 69.4 Å². The number of benzene rings is 4. The highest BCUT2D eigenvalue weighted by Crippen LogP contribution is 2.45. The number of nitriles is 2. The summed E-state index contributed by atoms with van der Waals surface area (Å²) in [4.78, 5) is 96.7. The predicted octanol–water partition coefficient (Wildman–Crippen LogP) is 11.0. The van der Waals surface area contributed by atoms with Crippen molar-refractivity contribution in [1.29, 1.82) is 10.5 Å². The van der Waals surface area contributed by atoms with Crippen LogP contribution in [0.15, 0.2) is 109 Å². The Hall–Kier alpha value is -7.53. The van der Waals surface area contributed by atoms with E-state index < -0.39 is 46.9 Å². The lowest BCUT2D eigenvalue weighted by molar-refractivity contribution is -0.124. The molecule has 4 aromatic carbocycles. The third-order valence-electron chi connectivity index (χ3n) is 14.4. The Morgan fingerprint density at radius 3 is 1.38 bits per heavy atom. The van der Waals surface area contributed by atoms with Crippen LogP contribution >= 0.6 is 98.3 Å². The molecule has 9 rings (SSSR count). The van der Waals surface area contributed by atoms with Crippen LogP contribution in [0.25, 0.3) is 0 Å². The van der Waals surface area contributed by atoms with Gasteiger partial charge in [-0.15, -0.1) is 23.7 Å². The molecule has 3 aromatic heterocycles. The van der Waals surface area contributed by atoms with Gasteiger partial charge in [-0.1, -0.05) is 98.8 Å². The number of hydrogen-bond donors (Lipinski definition) is 5. The lowest BCUT2D eigenvalue weighted by Crippen LogP contribution is -2.51. The molecule has 1 unspecified atom stereocenters. The SMILES string of the molecule is CC(NC(=O)[C@H](C)NC(=O)c1cnc2n1[C@](C)(Cc1ccc(C#N)cc1)C(=O)N2c1cc(Cl)cc(Cl)c1)c1nccs1.CCOC(CBr)OCC.C[C@H](NC(=O)c1cnc2n1[C@](C)(Cc1ccc(C#N)cc1)C(=O)N2c1cc(Cl)cc(Cl)c1)C(=O)N[C@H](C)C(N)=S.Cl. The second-order valence-corrected chi connectivity index (χ2v) is 25.0. The number of nitrogens with zero attached hydrogens (tertiary/aromatic N) is 9. The summed E-state index contributed by atoms with van der Waals surface area (Å²) in [6.07, 6.45) is 4.66. The Labute approximate surface area is 575 Å². The molecule has 484 valence electrons. The Balaban J connectivity index is 0.000000255. The first-order valence-electron chi connectivity index (χ1n) is 28.2. The van der Waals surface area contributed by atoms with Crippen molar-refractivity contribution in [3.05, 3.63) is 168 Å². The highest BCUT2D eigenvalue weighted by molar-refractivity contribution is 9.09. The molecule has 0 saturated carbocycles. The molecule has 0 aliphatic carbocycles. The van der Waals surface area contributed by atoms with Crippen LogP contribution in [0.5, 0.6) is 0 Å². The standard InChI is InChI=1S/C29H25Cl2N7O3S.C27H25Cl2N7O3S.C6H13BrO2.ClH/c1-16(24(39)36-17(2)26-33-8-9-42-26)35-25(40)23-15-34-28-37(22-11-20(30)10-21(31)12-22)27(41)29(3,38(23)28)13-18-4-6-19(14-32)7-5-18;1-14(22(31)40)33-23(37)15(2)34-24(38)21-13-32-26-35(20-9-18(28)8-19(29)10-20)25(39)27(3,36(21)26)11-16-4-6-17(12-30)7-5-16;1-3-8-6(5-7)9-4-2;/h4-12,15-17H,13H2,1-3H3,(H,35,40)(H,36,39);4-10,13-15H,11H2,1-3H3,(H2,31,40)(H,33,37)(H,34,38);6H,3-5H2,1-2H3;1H/t16-,17?,29+;14-,15+,27-;;/m01../s1. The zero-order chi connectivity index (χ0) is 66.6. The van der Waals surface area contributed by atoms with Crippen molar-refractivity contribution in [3.63, 3.8) is 0 Å². The minimum Gasteiger partial charge on any atom is -0.392 e. The van der Waals surface area contributed by atoms with E-state index in [2.05, 4.69) is 64.3 Å². The van der Waals surface area contributed by atoms with Crippen molar-refractivity contribution in [2.24, 2.45) is 5.73 Å². The largest absolute Gasteiger partial charge is 0.392 e. The van der Waals surface area contributed by atoms with E-state index in [1.54, 1.807) is 128 Å². The number of nitrogens with one attached hydrogen (secondary N) is 4. The van der Waals surface area contributed by atoms with Gasteiger partial charge >= 0.3 is 0 Å². The summed E-state index contributed by atoms with van der Waals surface area (Å²) in [5.74, 6) is -2.41.